The summed E-state index contributed by atoms with van der Waals surface area (Å²) in [7, 11) is 1.34. The van der Waals surface area contributed by atoms with E-state index in [4.69, 9.17) is 4.74 Å². The van der Waals surface area contributed by atoms with Crippen molar-refractivity contribution in [3.8, 4) is 11.5 Å². The van der Waals surface area contributed by atoms with Gasteiger partial charge in [-0.05, 0) is 36.2 Å². The molecule has 0 atom stereocenters. The van der Waals surface area contributed by atoms with Gasteiger partial charge in [0.25, 0.3) is 11.1 Å². The van der Waals surface area contributed by atoms with Crippen molar-refractivity contribution in [2.45, 2.75) is 19.6 Å². The molecule has 0 aliphatic rings. The van der Waals surface area contributed by atoms with Gasteiger partial charge in [-0.3, -0.25) is 19.5 Å². The predicted molar refractivity (Wildman–Crippen MR) is 105 cm³/mol. The van der Waals surface area contributed by atoms with Crippen molar-refractivity contribution in [3.63, 3.8) is 0 Å². The van der Waals surface area contributed by atoms with E-state index in [-0.39, 0.29) is 35.4 Å². The number of carbonyl (C=O) groups excluding carboxylic acids is 1. The molecule has 0 unspecified atom stereocenters. The predicted octanol–water partition coefficient (Wildman–Crippen LogP) is 1.66. The second kappa shape index (κ2) is 9.21. The van der Waals surface area contributed by atoms with Crippen LogP contribution in [0.4, 0.5) is 8.78 Å². The maximum absolute atomic E-state index is 12.5. The monoisotopic (exact) mass is 419 g/mol. The van der Waals surface area contributed by atoms with Gasteiger partial charge in [-0.25, -0.2) is 4.68 Å². The van der Waals surface area contributed by atoms with E-state index in [9.17, 15) is 23.2 Å². The van der Waals surface area contributed by atoms with Crippen molar-refractivity contribution in [2.24, 2.45) is 0 Å². The highest BCUT2D eigenvalue weighted by Crippen LogP contribution is 2.29. The molecule has 10 heteroatoms. The van der Waals surface area contributed by atoms with E-state index in [1.165, 1.54) is 31.4 Å². The van der Waals surface area contributed by atoms with Gasteiger partial charge >= 0.3 is 6.61 Å². The molecule has 0 aliphatic carbocycles. The summed E-state index contributed by atoms with van der Waals surface area (Å²) in [5.74, 6) is -0.417. The summed E-state index contributed by atoms with van der Waals surface area (Å²) < 4.78 is 35.4. The number of hydrogen-bond donors (Lipinski definition) is 2. The summed E-state index contributed by atoms with van der Waals surface area (Å²) in [5, 5.41) is 5.48. The van der Waals surface area contributed by atoms with Crippen molar-refractivity contribution in [2.75, 3.05) is 13.7 Å². The zero-order valence-electron chi connectivity index (χ0n) is 16.0. The molecule has 0 spiro atoms. The number of fused-ring (bicyclic) bond motifs is 1. The van der Waals surface area contributed by atoms with Gasteiger partial charge in [0, 0.05) is 6.54 Å². The Morgan fingerprint density at radius 3 is 2.57 bits per heavy atom. The maximum atomic E-state index is 12.5. The Labute approximate surface area is 169 Å². The largest absolute Gasteiger partial charge is 0.493 e. The molecule has 8 nitrogen and oxygen atoms in total. The fourth-order valence-corrected chi connectivity index (χ4v) is 2.97. The number of alkyl halides is 2. The zero-order chi connectivity index (χ0) is 21.7. The van der Waals surface area contributed by atoms with E-state index in [1.54, 1.807) is 18.2 Å². The fraction of sp³-hybridized carbons (Fsp3) is 0.250. The van der Waals surface area contributed by atoms with Crippen LogP contribution in [0.25, 0.3) is 10.8 Å². The van der Waals surface area contributed by atoms with Gasteiger partial charge in [0.15, 0.2) is 11.5 Å². The molecule has 0 bridgehead atoms. The van der Waals surface area contributed by atoms with Gasteiger partial charge in [0.2, 0.25) is 5.91 Å². The zero-order valence-corrected chi connectivity index (χ0v) is 16.0. The van der Waals surface area contributed by atoms with E-state index in [1.807, 2.05) is 0 Å². The number of halogens is 2. The molecule has 1 amide bonds. The number of ether oxygens (including phenoxy) is 2. The van der Waals surface area contributed by atoms with Crippen LogP contribution >= 0.6 is 0 Å². The lowest BCUT2D eigenvalue weighted by Gasteiger charge is -2.12. The molecular formula is C20H19F2N3O5. The van der Waals surface area contributed by atoms with Gasteiger partial charge in [-0.1, -0.05) is 18.2 Å². The van der Waals surface area contributed by atoms with Crippen molar-refractivity contribution in [3.05, 3.63) is 68.7 Å². The van der Waals surface area contributed by atoms with Gasteiger partial charge in [0.05, 0.1) is 17.9 Å². The highest BCUT2D eigenvalue weighted by atomic mass is 19.3. The number of nitrogens with one attached hydrogen (secondary N) is 2. The second-order valence-electron chi connectivity index (χ2n) is 6.34. The Morgan fingerprint density at radius 2 is 1.87 bits per heavy atom. The Hall–Kier alpha value is -3.69. The molecule has 2 aromatic carbocycles. The summed E-state index contributed by atoms with van der Waals surface area (Å²) in [4.78, 5) is 36.7. The lowest BCUT2D eigenvalue weighted by atomic mass is 10.1. The highest BCUT2D eigenvalue weighted by molar-refractivity contribution is 5.81. The number of nitrogens with zero attached hydrogens (tertiary/aromatic N) is 1. The normalized spacial score (nSPS) is 10.9. The fourth-order valence-electron chi connectivity index (χ4n) is 2.97. The van der Waals surface area contributed by atoms with Crippen LogP contribution < -0.4 is 25.9 Å². The molecule has 158 valence electrons. The van der Waals surface area contributed by atoms with E-state index in [2.05, 4.69) is 15.2 Å². The van der Waals surface area contributed by atoms with Crippen LogP contribution in [0.1, 0.15) is 5.56 Å². The Kier molecular flexibility index (Phi) is 6.45. The maximum Gasteiger partial charge on any atom is 0.387 e. The van der Waals surface area contributed by atoms with Gasteiger partial charge in [-0.2, -0.15) is 8.78 Å². The molecule has 0 aliphatic heterocycles. The molecule has 0 fully saturated rings. The molecule has 30 heavy (non-hydrogen) atoms. The molecule has 3 rings (SSSR count). The minimum Gasteiger partial charge on any atom is -0.493 e. The first-order valence-electron chi connectivity index (χ1n) is 8.99. The Morgan fingerprint density at radius 1 is 1.13 bits per heavy atom. The van der Waals surface area contributed by atoms with Crippen LogP contribution in [0.15, 0.2) is 52.1 Å². The van der Waals surface area contributed by atoms with Crippen molar-refractivity contribution >= 4 is 16.7 Å². The molecule has 1 heterocycles. The quantitative estimate of drug-likeness (QED) is 0.578. The van der Waals surface area contributed by atoms with E-state index in [0.717, 1.165) is 4.68 Å². The lowest BCUT2D eigenvalue weighted by molar-refractivity contribution is -0.121. The topological polar surface area (TPSA) is 102 Å². The average Bonchev–Trinajstić information content (AvgIpc) is 2.71. The summed E-state index contributed by atoms with van der Waals surface area (Å²) >= 11 is 0. The second-order valence-corrected chi connectivity index (χ2v) is 6.34. The Bertz CT molecular complexity index is 1170. The summed E-state index contributed by atoms with van der Waals surface area (Å²) in [5.41, 5.74) is -0.310. The summed E-state index contributed by atoms with van der Waals surface area (Å²) in [6.45, 7) is -3.16. The number of aromatic nitrogens is 2. The van der Waals surface area contributed by atoms with Crippen molar-refractivity contribution < 1.29 is 23.0 Å². The van der Waals surface area contributed by atoms with Crippen LogP contribution in [0, 0.1) is 0 Å². The van der Waals surface area contributed by atoms with Gasteiger partial charge < -0.3 is 14.8 Å². The molecule has 2 N–H and O–H groups in total. The third kappa shape index (κ3) is 4.83. The first-order valence-corrected chi connectivity index (χ1v) is 8.99. The summed E-state index contributed by atoms with van der Waals surface area (Å²) in [6, 6.07) is 10.9. The third-order valence-electron chi connectivity index (χ3n) is 4.37. The molecule has 0 saturated heterocycles. The SMILES string of the molecule is COc1ccc(CCNC(=O)Cn2[nH]c(=O)c3ccccc3c2=O)cc1OC(F)F. The van der Waals surface area contributed by atoms with Gasteiger partial charge in [-0.15, -0.1) is 0 Å². The molecule has 3 aromatic rings. The minimum atomic E-state index is -2.99. The first kappa shape index (κ1) is 21.0. The number of aromatic amines is 1. The third-order valence-corrected chi connectivity index (χ3v) is 4.37. The van der Waals surface area contributed by atoms with Crippen LogP contribution in [0.5, 0.6) is 11.5 Å². The van der Waals surface area contributed by atoms with E-state index in [0.29, 0.717) is 12.0 Å². The molecule has 1 aromatic heterocycles. The van der Waals surface area contributed by atoms with E-state index < -0.39 is 23.6 Å². The number of rotatable bonds is 8. The van der Waals surface area contributed by atoms with Crippen LogP contribution in [0.2, 0.25) is 0 Å². The van der Waals surface area contributed by atoms with Crippen LogP contribution in [0.3, 0.4) is 0 Å². The first-order chi connectivity index (χ1) is 14.4. The number of methoxy groups -OCH3 is 1. The number of hydrogen-bond acceptors (Lipinski definition) is 5. The van der Waals surface area contributed by atoms with Crippen LogP contribution in [-0.4, -0.2) is 36.0 Å². The van der Waals surface area contributed by atoms with Crippen LogP contribution in [-0.2, 0) is 17.8 Å². The standard InChI is InChI=1S/C20H19F2N3O5/c1-29-15-7-6-12(10-16(15)30-20(21)22)8-9-23-17(26)11-25-19(28)14-5-3-2-4-13(14)18(27)24-25/h2-7,10,20H,8-9,11H2,1H3,(H,23,26)(H,24,27). The number of H-pyrrole nitrogens is 1. The Balaban J connectivity index is 1.63. The molecular weight excluding hydrogens is 400 g/mol. The number of benzene rings is 2. The highest BCUT2D eigenvalue weighted by Gasteiger charge is 2.12. The number of amides is 1. The summed E-state index contributed by atoms with van der Waals surface area (Å²) in [6.07, 6.45) is 0.332. The lowest BCUT2D eigenvalue weighted by Crippen LogP contribution is -2.37. The molecule has 0 radical (unpaired) electrons. The van der Waals surface area contributed by atoms with Crippen molar-refractivity contribution in [1.29, 1.82) is 0 Å². The smallest absolute Gasteiger partial charge is 0.387 e. The minimum absolute atomic E-state index is 0.100. The molecule has 0 saturated carbocycles. The van der Waals surface area contributed by atoms with E-state index >= 15 is 0 Å². The van der Waals surface area contributed by atoms with Gasteiger partial charge in [0.1, 0.15) is 6.54 Å². The number of carbonyl (C=O) groups is 1. The average molecular weight is 419 g/mol. The van der Waals surface area contributed by atoms with Crippen molar-refractivity contribution in [1.82, 2.24) is 15.1 Å².